The van der Waals surface area contributed by atoms with Crippen molar-refractivity contribution in [2.75, 3.05) is 12.3 Å². The van der Waals surface area contributed by atoms with Crippen LogP contribution in [0.2, 0.25) is 0 Å². The molecule has 0 saturated heterocycles. The van der Waals surface area contributed by atoms with Gasteiger partial charge in [0.15, 0.2) is 4.34 Å². The first-order valence-electron chi connectivity index (χ1n) is 3.46. The van der Waals surface area contributed by atoms with Crippen LogP contribution in [0.25, 0.3) is 0 Å². The molecule has 62 valence electrons. The van der Waals surface area contributed by atoms with E-state index in [-0.39, 0.29) is 0 Å². The summed E-state index contributed by atoms with van der Waals surface area (Å²) in [5, 5.41) is 0. The van der Waals surface area contributed by atoms with Gasteiger partial charge in [-0.25, -0.2) is 4.98 Å². The lowest BCUT2D eigenvalue weighted by Gasteiger charge is -1.91. The van der Waals surface area contributed by atoms with Gasteiger partial charge in [-0.2, -0.15) is 4.37 Å². The Hall–Kier alpha value is -0.130. The average molecular weight is 189 g/mol. The molecule has 0 saturated carbocycles. The number of hydrogen-bond donors (Lipinski definition) is 1. The molecule has 5 heteroatoms. The fourth-order valence-electron chi connectivity index (χ4n) is 0.579. The molecule has 0 fully saturated rings. The van der Waals surface area contributed by atoms with E-state index in [9.17, 15) is 0 Å². The van der Waals surface area contributed by atoms with Crippen molar-refractivity contribution in [3.8, 4) is 0 Å². The quantitative estimate of drug-likeness (QED) is 0.573. The summed E-state index contributed by atoms with van der Waals surface area (Å²) in [6.07, 6.45) is 1.04. The lowest BCUT2D eigenvalue weighted by atomic mass is 10.5. The van der Waals surface area contributed by atoms with E-state index in [0.29, 0.717) is 0 Å². The van der Waals surface area contributed by atoms with Gasteiger partial charge in [-0.3, -0.25) is 0 Å². The highest BCUT2D eigenvalue weighted by Crippen LogP contribution is 2.19. The molecule has 2 N–H and O–H groups in total. The maximum absolute atomic E-state index is 5.35. The molecule has 0 bridgehead atoms. The van der Waals surface area contributed by atoms with Crippen LogP contribution in [0, 0.1) is 6.92 Å². The first-order chi connectivity index (χ1) is 5.33. The molecular weight excluding hydrogens is 178 g/mol. The zero-order chi connectivity index (χ0) is 8.10. The van der Waals surface area contributed by atoms with Crippen LogP contribution in [0.15, 0.2) is 4.34 Å². The van der Waals surface area contributed by atoms with E-state index in [1.165, 1.54) is 11.5 Å². The Labute approximate surface area is 74.6 Å². The number of aryl methyl sites for hydroxylation is 1. The van der Waals surface area contributed by atoms with E-state index in [1.807, 2.05) is 6.92 Å². The van der Waals surface area contributed by atoms with E-state index in [2.05, 4.69) is 9.36 Å². The van der Waals surface area contributed by atoms with Crippen molar-refractivity contribution in [1.29, 1.82) is 0 Å². The van der Waals surface area contributed by atoms with Gasteiger partial charge >= 0.3 is 0 Å². The standard InChI is InChI=1S/C6H11N3S2/c1-5-8-6(11-9-5)10-4-2-3-7/h2-4,7H2,1H3. The summed E-state index contributed by atoms with van der Waals surface area (Å²) in [5.74, 6) is 1.91. The number of aromatic nitrogens is 2. The zero-order valence-corrected chi connectivity index (χ0v) is 8.04. The van der Waals surface area contributed by atoms with Crippen molar-refractivity contribution < 1.29 is 0 Å². The molecule has 0 radical (unpaired) electrons. The minimum Gasteiger partial charge on any atom is -0.330 e. The summed E-state index contributed by atoms with van der Waals surface area (Å²) in [6, 6.07) is 0. The lowest BCUT2D eigenvalue weighted by molar-refractivity contribution is 0.942. The second-order valence-corrected chi connectivity index (χ2v) is 4.19. The number of thioether (sulfide) groups is 1. The number of nitrogens with zero attached hydrogens (tertiary/aromatic N) is 2. The van der Waals surface area contributed by atoms with Crippen LogP contribution >= 0.6 is 23.3 Å². The monoisotopic (exact) mass is 189 g/mol. The molecule has 0 aliphatic rings. The maximum Gasteiger partial charge on any atom is 0.170 e. The third kappa shape index (κ3) is 3.18. The van der Waals surface area contributed by atoms with Crippen LogP contribution in [0.1, 0.15) is 12.2 Å². The smallest absolute Gasteiger partial charge is 0.170 e. The van der Waals surface area contributed by atoms with Crippen LogP contribution < -0.4 is 5.73 Å². The van der Waals surface area contributed by atoms with Crippen molar-refractivity contribution in [2.45, 2.75) is 17.7 Å². The normalized spacial score (nSPS) is 10.4. The van der Waals surface area contributed by atoms with E-state index in [1.54, 1.807) is 11.8 Å². The van der Waals surface area contributed by atoms with Gasteiger partial charge in [0, 0.05) is 5.75 Å². The third-order valence-corrected chi connectivity index (χ3v) is 3.09. The SMILES string of the molecule is Cc1nsc(SCCCN)n1. The topological polar surface area (TPSA) is 51.8 Å². The third-order valence-electron chi connectivity index (χ3n) is 1.08. The molecule has 0 atom stereocenters. The fourth-order valence-corrected chi connectivity index (χ4v) is 2.26. The van der Waals surface area contributed by atoms with Gasteiger partial charge in [0.1, 0.15) is 5.82 Å². The summed E-state index contributed by atoms with van der Waals surface area (Å²) in [7, 11) is 0. The van der Waals surface area contributed by atoms with Crippen LogP contribution in [0.4, 0.5) is 0 Å². The lowest BCUT2D eigenvalue weighted by Crippen LogP contribution is -1.99. The molecule has 0 spiro atoms. The van der Waals surface area contributed by atoms with Crippen molar-refractivity contribution in [3.05, 3.63) is 5.82 Å². The van der Waals surface area contributed by atoms with Gasteiger partial charge in [0.2, 0.25) is 0 Å². The summed E-state index contributed by atoms with van der Waals surface area (Å²) < 4.78 is 5.13. The van der Waals surface area contributed by atoms with Gasteiger partial charge in [0.05, 0.1) is 0 Å². The molecule has 0 amide bonds. The number of nitrogens with two attached hydrogens (primary N) is 1. The largest absolute Gasteiger partial charge is 0.330 e. The highest BCUT2D eigenvalue weighted by Gasteiger charge is 1.98. The predicted octanol–water partition coefficient (Wildman–Crippen LogP) is 1.29. The molecule has 0 aliphatic carbocycles. The van der Waals surface area contributed by atoms with E-state index in [0.717, 1.165) is 28.9 Å². The minimum absolute atomic E-state index is 0.755. The molecule has 1 rings (SSSR count). The van der Waals surface area contributed by atoms with E-state index in [4.69, 9.17) is 5.73 Å². The Balaban J connectivity index is 2.27. The van der Waals surface area contributed by atoms with Gasteiger partial charge in [0.25, 0.3) is 0 Å². The number of rotatable bonds is 4. The van der Waals surface area contributed by atoms with Crippen molar-refractivity contribution in [3.63, 3.8) is 0 Å². The molecule has 0 unspecified atom stereocenters. The van der Waals surface area contributed by atoms with Gasteiger partial charge in [-0.05, 0) is 31.4 Å². The molecule has 1 heterocycles. The summed E-state index contributed by atoms with van der Waals surface area (Å²) >= 11 is 3.19. The fraction of sp³-hybridized carbons (Fsp3) is 0.667. The predicted molar refractivity (Wildman–Crippen MR) is 49.0 cm³/mol. The van der Waals surface area contributed by atoms with Crippen molar-refractivity contribution >= 4 is 23.3 Å². The maximum atomic E-state index is 5.35. The second-order valence-electron chi connectivity index (χ2n) is 2.10. The molecule has 11 heavy (non-hydrogen) atoms. The van der Waals surface area contributed by atoms with Crippen molar-refractivity contribution in [2.24, 2.45) is 5.73 Å². The van der Waals surface area contributed by atoms with Gasteiger partial charge < -0.3 is 5.73 Å². The summed E-state index contributed by atoms with van der Waals surface area (Å²) in [6.45, 7) is 2.66. The molecular formula is C6H11N3S2. The summed E-state index contributed by atoms with van der Waals surface area (Å²) in [5.41, 5.74) is 5.35. The van der Waals surface area contributed by atoms with E-state index >= 15 is 0 Å². The Morgan fingerprint density at radius 3 is 3.00 bits per heavy atom. The first kappa shape index (κ1) is 8.96. The molecule has 1 aromatic heterocycles. The molecule has 0 aliphatic heterocycles. The van der Waals surface area contributed by atoms with Crippen LogP contribution in [0.3, 0.4) is 0 Å². The molecule has 0 aromatic carbocycles. The average Bonchev–Trinajstić information content (AvgIpc) is 2.37. The molecule has 3 nitrogen and oxygen atoms in total. The van der Waals surface area contributed by atoms with Crippen LogP contribution in [-0.4, -0.2) is 21.7 Å². The van der Waals surface area contributed by atoms with Crippen LogP contribution in [0.5, 0.6) is 0 Å². The Kier molecular flexibility index (Phi) is 3.82. The Bertz CT molecular complexity index is 211. The molecule has 1 aromatic rings. The Morgan fingerprint density at radius 1 is 1.64 bits per heavy atom. The van der Waals surface area contributed by atoms with Gasteiger partial charge in [-0.15, -0.1) is 0 Å². The second kappa shape index (κ2) is 4.69. The van der Waals surface area contributed by atoms with Crippen molar-refractivity contribution in [1.82, 2.24) is 9.36 Å². The summed E-state index contributed by atoms with van der Waals surface area (Å²) in [4.78, 5) is 4.21. The highest BCUT2D eigenvalue weighted by molar-refractivity contribution is 8.00. The van der Waals surface area contributed by atoms with Crippen LogP contribution in [-0.2, 0) is 0 Å². The minimum atomic E-state index is 0.755. The Morgan fingerprint density at radius 2 is 2.45 bits per heavy atom. The zero-order valence-electron chi connectivity index (χ0n) is 6.41. The first-order valence-corrected chi connectivity index (χ1v) is 5.22. The van der Waals surface area contributed by atoms with Gasteiger partial charge in [-0.1, -0.05) is 11.8 Å². The van der Waals surface area contributed by atoms with E-state index < -0.39 is 0 Å². The highest BCUT2D eigenvalue weighted by atomic mass is 32.2. The number of hydrogen-bond acceptors (Lipinski definition) is 5.